The SMILES string of the molecule is Cc1ccc(-n2nccn2)c(C(=O)N2C[C@@H]3CCN(c4noc5ccc(Cl)cc45)C[C@@H]32)c1. The zero-order valence-corrected chi connectivity index (χ0v) is 18.2. The Hall–Kier alpha value is -3.39. The van der Waals surface area contributed by atoms with Crippen molar-refractivity contribution in [2.75, 3.05) is 24.5 Å². The number of likely N-dealkylation sites (tertiary alicyclic amines) is 1. The maximum absolute atomic E-state index is 13.6. The summed E-state index contributed by atoms with van der Waals surface area (Å²) in [5.74, 6) is 1.29. The molecule has 2 aromatic heterocycles. The zero-order valence-electron chi connectivity index (χ0n) is 17.5. The highest BCUT2D eigenvalue weighted by Crippen LogP contribution is 2.38. The third kappa shape index (κ3) is 3.05. The molecule has 2 fully saturated rings. The lowest BCUT2D eigenvalue weighted by molar-refractivity contribution is 0.00775. The average molecular weight is 449 g/mol. The third-order valence-electron chi connectivity index (χ3n) is 6.54. The smallest absolute Gasteiger partial charge is 0.256 e. The summed E-state index contributed by atoms with van der Waals surface area (Å²) in [7, 11) is 0. The minimum Gasteiger partial charge on any atom is -0.354 e. The Bertz CT molecular complexity index is 1320. The van der Waals surface area contributed by atoms with Crippen LogP contribution < -0.4 is 4.90 Å². The molecule has 4 heterocycles. The van der Waals surface area contributed by atoms with Crippen LogP contribution in [0.3, 0.4) is 0 Å². The first-order valence-electron chi connectivity index (χ1n) is 10.7. The van der Waals surface area contributed by atoms with Crippen molar-refractivity contribution in [3.05, 3.63) is 64.9 Å². The molecule has 0 unspecified atom stereocenters. The van der Waals surface area contributed by atoms with Crippen molar-refractivity contribution in [2.24, 2.45) is 5.92 Å². The van der Waals surface area contributed by atoms with Gasteiger partial charge in [0.1, 0.15) is 0 Å². The molecule has 0 saturated carbocycles. The summed E-state index contributed by atoms with van der Waals surface area (Å²) in [4.78, 5) is 19.3. The Labute approximate surface area is 189 Å². The van der Waals surface area contributed by atoms with Crippen molar-refractivity contribution in [3.63, 3.8) is 0 Å². The lowest BCUT2D eigenvalue weighted by atomic mass is 9.81. The van der Waals surface area contributed by atoms with E-state index >= 15 is 0 Å². The van der Waals surface area contributed by atoms with E-state index in [4.69, 9.17) is 16.1 Å². The predicted molar refractivity (Wildman–Crippen MR) is 120 cm³/mol. The number of anilines is 1. The number of aryl methyl sites for hydroxylation is 1. The summed E-state index contributed by atoms with van der Waals surface area (Å²) in [6, 6.07) is 11.4. The van der Waals surface area contributed by atoms with Gasteiger partial charge in [-0.1, -0.05) is 28.4 Å². The first-order valence-corrected chi connectivity index (χ1v) is 11.0. The molecule has 162 valence electrons. The van der Waals surface area contributed by atoms with E-state index < -0.39 is 0 Å². The van der Waals surface area contributed by atoms with Gasteiger partial charge in [-0.15, -0.1) is 0 Å². The van der Waals surface area contributed by atoms with Gasteiger partial charge in [-0.25, -0.2) is 0 Å². The van der Waals surface area contributed by atoms with Crippen LogP contribution in [0.15, 0.2) is 53.3 Å². The van der Waals surface area contributed by atoms with E-state index in [-0.39, 0.29) is 11.9 Å². The summed E-state index contributed by atoms with van der Waals surface area (Å²) in [6.45, 7) is 4.35. The largest absolute Gasteiger partial charge is 0.354 e. The Morgan fingerprint density at radius 2 is 1.97 bits per heavy atom. The molecule has 0 spiro atoms. The molecule has 32 heavy (non-hydrogen) atoms. The molecule has 0 N–H and O–H groups in total. The lowest BCUT2D eigenvalue weighted by Crippen LogP contribution is -2.65. The Balaban J connectivity index is 1.28. The second-order valence-electron chi connectivity index (χ2n) is 8.51. The topological polar surface area (TPSA) is 80.3 Å². The average Bonchev–Trinajstić information content (AvgIpc) is 3.44. The molecule has 8 nitrogen and oxygen atoms in total. The highest BCUT2D eigenvalue weighted by molar-refractivity contribution is 6.31. The van der Waals surface area contributed by atoms with Crippen LogP contribution in [0.2, 0.25) is 5.02 Å². The van der Waals surface area contributed by atoms with E-state index in [0.29, 0.717) is 34.3 Å². The van der Waals surface area contributed by atoms with Crippen LogP contribution in [0.5, 0.6) is 0 Å². The number of hydrogen-bond donors (Lipinski definition) is 0. The molecule has 9 heteroatoms. The van der Waals surface area contributed by atoms with E-state index in [2.05, 4.69) is 20.3 Å². The molecule has 0 bridgehead atoms. The summed E-state index contributed by atoms with van der Waals surface area (Å²) in [6.07, 6.45) is 4.23. The van der Waals surface area contributed by atoms with Crippen LogP contribution in [0.25, 0.3) is 16.7 Å². The number of amides is 1. The number of nitrogens with zero attached hydrogens (tertiary/aromatic N) is 6. The molecule has 2 saturated heterocycles. The highest BCUT2D eigenvalue weighted by atomic mass is 35.5. The molecule has 2 atom stereocenters. The monoisotopic (exact) mass is 448 g/mol. The molecule has 2 aliphatic heterocycles. The maximum atomic E-state index is 13.6. The van der Waals surface area contributed by atoms with Crippen molar-refractivity contribution in [2.45, 2.75) is 19.4 Å². The number of aromatic nitrogens is 4. The summed E-state index contributed by atoms with van der Waals surface area (Å²) in [5.41, 5.74) is 3.05. The van der Waals surface area contributed by atoms with Crippen LogP contribution in [0.4, 0.5) is 5.82 Å². The fraction of sp³-hybridized carbons (Fsp3) is 0.304. The maximum Gasteiger partial charge on any atom is 0.256 e. The molecule has 1 amide bonds. The van der Waals surface area contributed by atoms with Crippen molar-refractivity contribution in [3.8, 4) is 5.69 Å². The summed E-state index contributed by atoms with van der Waals surface area (Å²) in [5, 5.41) is 14.3. The van der Waals surface area contributed by atoms with Crippen molar-refractivity contribution >= 4 is 34.3 Å². The van der Waals surface area contributed by atoms with Gasteiger partial charge in [-0.3, -0.25) is 4.79 Å². The summed E-state index contributed by atoms with van der Waals surface area (Å²) >= 11 is 6.20. The van der Waals surface area contributed by atoms with Crippen LogP contribution in [-0.2, 0) is 0 Å². The van der Waals surface area contributed by atoms with Gasteiger partial charge in [0.2, 0.25) is 0 Å². The van der Waals surface area contributed by atoms with E-state index in [1.165, 1.54) is 4.80 Å². The van der Waals surface area contributed by atoms with Gasteiger partial charge in [-0.05, 0) is 43.7 Å². The number of carbonyl (C=O) groups is 1. The van der Waals surface area contributed by atoms with Crippen molar-refractivity contribution in [1.29, 1.82) is 0 Å². The molecule has 2 aromatic carbocycles. The molecule has 4 aromatic rings. The number of halogens is 1. The van der Waals surface area contributed by atoms with Gasteiger partial charge in [-0.2, -0.15) is 15.0 Å². The van der Waals surface area contributed by atoms with E-state index in [9.17, 15) is 4.79 Å². The Kier molecular flexibility index (Phi) is 4.43. The van der Waals surface area contributed by atoms with Crippen molar-refractivity contribution in [1.82, 2.24) is 25.1 Å². The van der Waals surface area contributed by atoms with Gasteiger partial charge < -0.3 is 14.3 Å². The number of rotatable bonds is 3. The number of benzene rings is 2. The fourth-order valence-corrected chi connectivity index (χ4v) is 5.01. The first-order chi connectivity index (χ1) is 15.6. The second kappa shape index (κ2) is 7.34. The van der Waals surface area contributed by atoms with Crippen LogP contribution in [0, 0.1) is 12.8 Å². The fourth-order valence-electron chi connectivity index (χ4n) is 4.84. The van der Waals surface area contributed by atoms with Crippen LogP contribution in [0.1, 0.15) is 22.3 Å². The van der Waals surface area contributed by atoms with Gasteiger partial charge in [0.15, 0.2) is 11.4 Å². The number of carbonyl (C=O) groups excluding carboxylic acids is 1. The highest BCUT2D eigenvalue weighted by Gasteiger charge is 2.46. The van der Waals surface area contributed by atoms with Crippen LogP contribution in [-0.4, -0.2) is 56.6 Å². The molecular weight excluding hydrogens is 428 g/mol. The lowest BCUT2D eigenvalue weighted by Gasteiger charge is -2.53. The number of hydrogen-bond acceptors (Lipinski definition) is 6. The quantitative estimate of drug-likeness (QED) is 0.475. The first kappa shape index (κ1) is 19.3. The van der Waals surface area contributed by atoms with Crippen molar-refractivity contribution < 1.29 is 9.32 Å². The van der Waals surface area contributed by atoms with E-state index in [0.717, 1.165) is 36.3 Å². The summed E-state index contributed by atoms with van der Waals surface area (Å²) < 4.78 is 5.50. The number of piperidine rings is 1. The molecular formula is C23H21ClN6O2. The molecule has 2 aliphatic rings. The standard InChI is InChI=1S/C23H21ClN6O2/c1-14-2-4-19(30-25-7-8-26-30)17(10-14)23(31)29-12-15-6-9-28(13-20(15)29)22-18-11-16(24)3-5-21(18)32-27-22/h2-5,7-8,10-11,15,20H,6,9,12-13H2,1H3/t15-,20-/m0/s1. The van der Waals surface area contributed by atoms with E-state index in [1.54, 1.807) is 18.5 Å². The minimum atomic E-state index is 0.0113. The van der Waals surface area contributed by atoms with Gasteiger partial charge in [0.05, 0.1) is 35.1 Å². The molecule has 0 radical (unpaired) electrons. The van der Waals surface area contributed by atoms with Crippen LogP contribution >= 0.6 is 11.6 Å². The predicted octanol–water partition coefficient (Wildman–Crippen LogP) is 3.72. The number of fused-ring (bicyclic) bond motifs is 2. The second-order valence-corrected chi connectivity index (χ2v) is 8.94. The van der Waals surface area contributed by atoms with Gasteiger partial charge >= 0.3 is 0 Å². The van der Waals surface area contributed by atoms with Gasteiger partial charge in [0.25, 0.3) is 5.91 Å². The minimum absolute atomic E-state index is 0.0113. The zero-order chi connectivity index (χ0) is 21.8. The third-order valence-corrected chi connectivity index (χ3v) is 6.78. The molecule has 6 rings (SSSR count). The van der Waals surface area contributed by atoms with Gasteiger partial charge in [0, 0.05) is 30.6 Å². The van der Waals surface area contributed by atoms with E-state index in [1.807, 2.05) is 42.2 Å². The molecule has 0 aliphatic carbocycles. The normalized spacial score (nSPS) is 20.3. The Morgan fingerprint density at radius 1 is 1.12 bits per heavy atom. The Morgan fingerprint density at radius 3 is 2.81 bits per heavy atom.